The fourth-order valence-corrected chi connectivity index (χ4v) is 2.58. The number of H-pyrrole nitrogens is 1. The molecule has 3 rings (SSSR count). The largest absolute Gasteiger partial charge is 0.465 e. The SMILES string of the molecule is COC(=O)c1ccc(-c2nc3ncc(Cl)c(I)c3[nH]2)cc1. The number of carbonyl (C=O) groups excluding carboxylic acids is 1. The molecule has 0 amide bonds. The summed E-state index contributed by atoms with van der Waals surface area (Å²) in [7, 11) is 1.35. The molecule has 1 aromatic carbocycles. The first-order chi connectivity index (χ1) is 10.1. The van der Waals surface area contributed by atoms with Crippen LogP contribution in [0.3, 0.4) is 0 Å². The fourth-order valence-electron chi connectivity index (χ4n) is 1.92. The zero-order valence-electron chi connectivity index (χ0n) is 10.9. The van der Waals surface area contributed by atoms with Gasteiger partial charge in [-0.2, -0.15) is 0 Å². The average molecular weight is 414 g/mol. The number of hydrogen-bond acceptors (Lipinski definition) is 4. The van der Waals surface area contributed by atoms with Crippen LogP contribution in [0.4, 0.5) is 0 Å². The number of rotatable bonds is 2. The maximum Gasteiger partial charge on any atom is 0.337 e. The minimum atomic E-state index is -0.367. The number of nitrogens with zero attached hydrogens (tertiary/aromatic N) is 2. The molecule has 1 N–H and O–H groups in total. The Kier molecular flexibility index (Phi) is 3.81. The predicted molar refractivity (Wildman–Crippen MR) is 88.4 cm³/mol. The van der Waals surface area contributed by atoms with Gasteiger partial charge in [-0.05, 0) is 34.7 Å². The number of fused-ring (bicyclic) bond motifs is 1. The summed E-state index contributed by atoms with van der Waals surface area (Å²) in [5.41, 5.74) is 2.76. The molecule has 0 aliphatic rings. The summed E-state index contributed by atoms with van der Waals surface area (Å²) in [4.78, 5) is 23.2. The van der Waals surface area contributed by atoms with Crippen molar-refractivity contribution in [2.24, 2.45) is 0 Å². The van der Waals surface area contributed by atoms with Gasteiger partial charge in [0.2, 0.25) is 0 Å². The summed E-state index contributed by atoms with van der Waals surface area (Å²) in [5.74, 6) is 0.309. The van der Waals surface area contributed by atoms with Crippen molar-refractivity contribution in [2.45, 2.75) is 0 Å². The van der Waals surface area contributed by atoms with Crippen LogP contribution in [0.1, 0.15) is 10.4 Å². The zero-order chi connectivity index (χ0) is 15.0. The Morgan fingerprint density at radius 1 is 1.33 bits per heavy atom. The molecule has 106 valence electrons. The number of nitrogens with one attached hydrogen (secondary N) is 1. The number of esters is 1. The number of methoxy groups -OCH3 is 1. The van der Waals surface area contributed by atoms with Crippen LogP contribution in [-0.4, -0.2) is 28.0 Å². The Morgan fingerprint density at radius 3 is 2.71 bits per heavy atom. The van der Waals surface area contributed by atoms with E-state index in [1.165, 1.54) is 7.11 Å². The maximum atomic E-state index is 11.4. The van der Waals surface area contributed by atoms with Crippen LogP contribution in [0.15, 0.2) is 30.5 Å². The molecule has 21 heavy (non-hydrogen) atoms. The van der Waals surface area contributed by atoms with E-state index in [0.29, 0.717) is 22.1 Å². The van der Waals surface area contributed by atoms with Crippen molar-refractivity contribution in [3.63, 3.8) is 0 Å². The molecular weight excluding hydrogens is 405 g/mol. The van der Waals surface area contributed by atoms with E-state index in [1.807, 2.05) is 0 Å². The van der Waals surface area contributed by atoms with Gasteiger partial charge in [-0.15, -0.1) is 0 Å². The first-order valence-corrected chi connectivity index (χ1v) is 7.44. The van der Waals surface area contributed by atoms with Gasteiger partial charge in [-0.1, -0.05) is 23.7 Å². The quantitative estimate of drug-likeness (QED) is 0.514. The number of aromatic nitrogens is 3. The third-order valence-corrected chi connectivity index (χ3v) is 4.72. The molecule has 0 fully saturated rings. The van der Waals surface area contributed by atoms with Crippen molar-refractivity contribution in [3.05, 3.63) is 44.6 Å². The van der Waals surface area contributed by atoms with Crippen molar-refractivity contribution in [1.29, 1.82) is 0 Å². The van der Waals surface area contributed by atoms with Gasteiger partial charge in [0, 0.05) is 11.8 Å². The zero-order valence-corrected chi connectivity index (χ0v) is 13.8. The lowest BCUT2D eigenvalue weighted by atomic mass is 10.1. The number of ether oxygens (including phenoxy) is 1. The van der Waals surface area contributed by atoms with Gasteiger partial charge in [-0.25, -0.2) is 14.8 Å². The van der Waals surface area contributed by atoms with E-state index in [4.69, 9.17) is 11.6 Å². The van der Waals surface area contributed by atoms with E-state index in [-0.39, 0.29) is 5.97 Å². The van der Waals surface area contributed by atoms with Gasteiger partial charge < -0.3 is 9.72 Å². The van der Waals surface area contributed by atoms with Crippen LogP contribution in [0, 0.1) is 3.57 Å². The summed E-state index contributed by atoms with van der Waals surface area (Å²) < 4.78 is 5.55. The predicted octanol–water partition coefficient (Wildman–Crippen LogP) is 3.67. The molecule has 0 radical (unpaired) electrons. The van der Waals surface area contributed by atoms with E-state index in [0.717, 1.165) is 14.7 Å². The minimum absolute atomic E-state index is 0.367. The second-order valence-electron chi connectivity index (χ2n) is 4.27. The number of benzene rings is 1. The Labute approximate surface area is 138 Å². The summed E-state index contributed by atoms with van der Waals surface area (Å²) >= 11 is 8.20. The highest BCUT2D eigenvalue weighted by molar-refractivity contribution is 14.1. The average Bonchev–Trinajstić information content (AvgIpc) is 2.95. The lowest BCUT2D eigenvalue weighted by molar-refractivity contribution is 0.0601. The first kappa shape index (κ1) is 14.3. The molecule has 0 unspecified atom stereocenters. The van der Waals surface area contributed by atoms with Gasteiger partial charge in [0.15, 0.2) is 5.65 Å². The smallest absolute Gasteiger partial charge is 0.337 e. The lowest BCUT2D eigenvalue weighted by Gasteiger charge is -2.00. The van der Waals surface area contributed by atoms with Crippen molar-refractivity contribution >= 4 is 51.3 Å². The Hall–Kier alpha value is -1.67. The molecule has 0 spiro atoms. The van der Waals surface area contributed by atoms with Crippen molar-refractivity contribution in [3.8, 4) is 11.4 Å². The van der Waals surface area contributed by atoms with Gasteiger partial charge in [0.1, 0.15) is 11.3 Å². The molecule has 0 saturated carbocycles. The molecule has 5 nitrogen and oxygen atoms in total. The Balaban J connectivity index is 2.04. The summed E-state index contributed by atoms with van der Waals surface area (Å²) in [6, 6.07) is 7.00. The van der Waals surface area contributed by atoms with Crippen LogP contribution < -0.4 is 0 Å². The monoisotopic (exact) mass is 413 g/mol. The second kappa shape index (κ2) is 5.61. The van der Waals surface area contributed by atoms with Crippen molar-refractivity contribution < 1.29 is 9.53 Å². The molecular formula is C14H9ClIN3O2. The Bertz CT molecular complexity index is 830. The second-order valence-corrected chi connectivity index (χ2v) is 5.76. The molecule has 0 aliphatic heterocycles. The number of carbonyl (C=O) groups is 1. The highest BCUT2D eigenvalue weighted by Gasteiger charge is 2.12. The van der Waals surface area contributed by atoms with E-state index in [1.54, 1.807) is 30.5 Å². The fraction of sp³-hybridized carbons (Fsp3) is 0.0714. The van der Waals surface area contributed by atoms with E-state index >= 15 is 0 Å². The van der Waals surface area contributed by atoms with Crippen LogP contribution in [0.5, 0.6) is 0 Å². The number of pyridine rings is 1. The van der Waals surface area contributed by atoms with E-state index in [2.05, 4.69) is 42.3 Å². The molecule has 0 aliphatic carbocycles. The first-order valence-electron chi connectivity index (χ1n) is 5.98. The normalized spacial score (nSPS) is 10.8. The number of halogens is 2. The molecule has 2 aromatic heterocycles. The van der Waals surface area contributed by atoms with Crippen LogP contribution in [0.25, 0.3) is 22.6 Å². The summed E-state index contributed by atoms with van der Waals surface area (Å²) in [6.07, 6.45) is 1.58. The summed E-state index contributed by atoms with van der Waals surface area (Å²) in [6.45, 7) is 0. The highest BCUT2D eigenvalue weighted by Crippen LogP contribution is 2.27. The molecule has 2 heterocycles. The van der Waals surface area contributed by atoms with Crippen molar-refractivity contribution in [2.75, 3.05) is 7.11 Å². The van der Waals surface area contributed by atoms with Crippen LogP contribution in [0.2, 0.25) is 5.02 Å². The van der Waals surface area contributed by atoms with E-state index < -0.39 is 0 Å². The topological polar surface area (TPSA) is 67.9 Å². The molecule has 7 heteroatoms. The molecule has 3 aromatic rings. The van der Waals surface area contributed by atoms with E-state index in [9.17, 15) is 4.79 Å². The summed E-state index contributed by atoms with van der Waals surface area (Å²) in [5, 5.41) is 0.583. The number of hydrogen-bond donors (Lipinski definition) is 1. The van der Waals surface area contributed by atoms with Gasteiger partial charge >= 0.3 is 5.97 Å². The third-order valence-electron chi connectivity index (χ3n) is 2.99. The molecule has 0 bridgehead atoms. The number of aromatic amines is 1. The van der Waals surface area contributed by atoms with Crippen LogP contribution in [-0.2, 0) is 4.74 Å². The standard InChI is InChI=1S/C14H9ClIN3O2/c1-21-14(20)8-4-2-7(3-5-8)12-18-11-10(16)9(15)6-17-13(11)19-12/h2-6H,1H3,(H,17,18,19). The molecule has 0 atom stereocenters. The van der Waals surface area contributed by atoms with Crippen molar-refractivity contribution in [1.82, 2.24) is 15.0 Å². The number of imidazole rings is 1. The van der Waals surface area contributed by atoms with Gasteiger partial charge in [0.25, 0.3) is 0 Å². The van der Waals surface area contributed by atoms with Gasteiger partial charge in [-0.3, -0.25) is 0 Å². The highest BCUT2D eigenvalue weighted by atomic mass is 127. The van der Waals surface area contributed by atoms with Gasteiger partial charge in [0.05, 0.1) is 21.3 Å². The lowest BCUT2D eigenvalue weighted by Crippen LogP contribution is -2.00. The third kappa shape index (κ3) is 2.60. The maximum absolute atomic E-state index is 11.4. The molecule has 0 saturated heterocycles. The minimum Gasteiger partial charge on any atom is -0.465 e. The van der Waals surface area contributed by atoms with Crippen LogP contribution >= 0.6 is 34.2 Å². The Morgan fingerprint density at radius 2 is 2.05 bits per heavy atom.